The van der Waals surface area contributed by atoms with Gasteiger partial charge in [0.1, 0.15) is 0 Å². The van der Waals surface area contributed by atoms with Crippen LogP contribution in [0.15, 0.2) is 48.5 Å². The van der Waals surface area contributed by atoms with Crippen LogP contribution in [-0.2, 0) is 26.5 Å². The van der Waals surface area contributed by atoms with Gasteiger partial charge in [0.15, 0.2) is 0 Å². The van der Waals surface area contributed by atoms with Gasteiger partial charge in [-0.3, -0.25) is 0 Å². The molecule has 1 fully saturated rings. The van der Waals surface area contributed by atoms with Crippen molar-refractivity contribution in [2.24, 2.45) is 0 Å². The molecular formula is C22H30N4O5S2. The summed E-state index contributed by atoms with van der Waals surface area (Å²) in [7, 11) is -6.70. The number of carbonyl (C=O) groups is 1. The summed E-state index contributed by atoms with van der Waals surface area (Å²) in [5.41, 5.74) is 3.78. The Morgan fingerprint density at radius 3 is 2.09 bits per heavy atom. The van der Waals surface area contributed by atoms with E-state index in [4.69, 9.17) is 0 Å². The van der Waals surface area contributed by atoms with Crippen LogP contribution in [0.4, 0.5) is 4.79 Å². The van der Waals surface area contributed by atoms with Gasteiger partial charge in [-0.25, -0.2) is 31.1 Å². The summed E-state index contributed by atoms with van der Waals surface area (Å²) >= 11 is 0. The molecule has 2 aromatic carbocycles. The molecule has 9 nitrogen and oxygen atoms in total. The molecule has 2 amide bonds. The number of amides is 2. The Labute approximate surface area is 195 Å². The number of sulfonamides is 2. The van der Waals surface area contributed by atoms with Gasteiger partial charge in [0.05, 0.1) is 23.6 Å². The first-order valence-corrected chi connectivity index (χ1v) is 14.1. The van der Waals surface area contributed by atoms with E-state index in [1.807, 2.05) is 48.5 Å². The lowest BCUT2D eigenvalue weighted by Crippen LogP contribution is -2.59. The maximum Gasteiger partial charge on any atom is 0.315 e. The van der Waals surface area contributed by atoms with Crippen LogP contribution in [0.5, 0.6) is 0 Å². The van der Waals surface area contributed by atoms with Gasteiger partial charge in [-0.1, -0.05) is 48.5 Å². The van der Waals surface area contributed by atoms with E-state index >= 15 is 0 Å². The number of hydrogen-bond donors (Lipinski definition) is 4. The molecule has 2 unspecified atom stereocenters. The third-order valence-corrected chi connectivity index (χ3v) is 8.04. The van der Waals surface area contributed by atoms with E-state index in [9.17, 15) is 21.6 Å². The fourth-order valence-corrected chi connectivity index (χ4v) is 4.90. The van der Waals surface area contributed by atoms with Gasteiger partial charge in [-0.2, -0.15) is 0 Å². The first-order chi connectivity index (χ1) is 15.4. The molecule has 0 radical (unpaired) electrons. The Bertz CT molecular complexity index is 1180. The lowest BCUT2D eigenvalue weighted by molar-refractivity contribution is 0.222. The zero-order valence-corrected chi connectivity index (χ0v) is 20.5. The van der Waals surface area contributed by atoms with Crippen molar-refractivity contribution in [3.8, 4) is 11.1 Å². The van der Waals surface area contributed by atoms with E-state index in [0.29, 0.717) is 13.0 Å². The minimum absolute atomic E-state index is 0.194. The molecular weight excluding hydrogens is 464 g/mol. The summed E-state index contributed by atoms with van der Waals surface area (Å²) < 4.78 is 52.2. The Morgan fingerprint density at radius 2 is 1.55 bits per heavy atom. The predicted molar refractivity (Wildman–Crippen MR) is 129 cm³/mol. The molecule has 3 rings (SSSR count). The van der Waals surface area contributed by atoms with Gasteiger partial charge in [-0.15, -0.1) is 0 Å². The Hall–Kier alpha value is -2.47. The minimum atomic E-state index is -3.51. The van der Waals surface area contributed by atoms with Crippen molar-refractivity contribution < 1.29 is 21.6 Å². The summed E-state index contributed by atoms with van der Waals surface area (Å²) in [5.74, 6) is 0. The number of rotatable bonds is 9. The first kappa shape index (κ1) is 25.2. The number of carbonyl (C=O) groups excluding carboxylic acids is 1. The summed E-state index contributed by atoms with van der Waals surface area (Å²) in [6.45, 7) is 3.75. The molecule has 1 aliphatic heterocycles. The number of benzene rings is 2. The maximum absolute atomic E-state index is 12.4. The predicted octanol–water partition coefficient (Wildman–Crippen LogP) is 1.50. The van der Waals surface area contributed by atoms with E-state index in [2.05, 4.69) is 20.1 Å². The summed E-state index contributed by atoms with van der Waals surface area (Å²) in [4.78, 5) is 11.9. The second-order valence-corrected chi connectivity index (χ2v) is 12.5. The van der Waals surface area contributed by atoms with Gasteiger partial charge in [0.2, 0.25) is 20.0 Å². The Kier molecular flexibility index (Phi) is 7.78. The van der Waals surface area contributed by atoms with Crippen LogP contribution >= 0.6 is 0 Å². The molecule has 11 heteroatoms. The van der Waals surface area contributed by atoms with Crippen LogP contribution < -0.4 is 20.1 Å². The van der Waals surface area contributed by atoms with Crippen molar-refractivity contribution in [3.63, 3.8) is 0 Å². The van der Waals surface area contributed by atoms with Crippen molar-refractivity contribution in [2.75, 3.05) is 19.3 Å². The Balaban J connectivity index is 1.72. The lowest BCUT2D eigenvalue weighted by atomic mass is 9.95. The first-order valence-electron chi connectivity index (χ1n) is 10.6. The van der Waals surface area contributed by atoms with Crippen LogP contribution in [0.25, 0.3) is 11.1 Å². The fraction of sp³-hybridized carbons (Fsp3) is 0.409. The van der Waals surface area contributed by atoms with Gasteiger partial charge in [0, 0.05) is 13.1 Å². The highest BCUT2D eigenvalue weighted by Gasteiger charge is 2.33. The molecule has 1 heterocycles. The highest BCUT2D eigenvalue weighted by molar-refractivity contribution is 7.90. The summed E-state index contributed by atoms with van der Waals surface area (Å²) in [6.07, 6.45) is 1.73. The van der Waals surface area contributed by atoms with Gasteiger partial charge in [-0.05, 0) is 42.5 Å². The highest BCUT2D eigenvalue weighted by Crippen LogP contribution is 2.25. The van der Waals surface area contributed by atoms with E-state index in [1.54, 1.807) is 13.8 Å². The van der Waals surface area contributed by atoms with Crippen molar-refractivity contribution in [2.45, 2.75) is 37.6 Å². The average molecular weight is 495 g/mol. The second kappa shape index (κ2) is 10.2. The van der Waals surface area contributed by atoms with E-state index in [1.165, 1.54) is 0 Å². The maximum atomic E-state index is 12.4. The number of nitrogens with one attached hydrogen (secondary N) is 4. The molecule has 33 heavy (non-hydrogen) atoms. The number of hydrogen-bond acceptors (Lipinski definition) is 5. The molecule has 0 spiro atoms. The fourth-order valence-electron chi connectivity index (χ4n) is 3.51. The standard InChI is InChI=1S/C22H30N4O5S2/c1-15(2)33(30,31)26-20-14-23-22(27)25-21(20)19-10-8-18(9-11-19)17-6-4-16(5-7-17)12-13-24-32(3,28)29/h4-11,15,20-21,24,26H,12-14H2,1-3H3,(H2,23,25,27). The van der Waals surface area contributed by atoms with Crippen molar-refractivity contribution >= 4 is 26.1 Å². The molecule has 0 bridgehead atoms. The monoisotopic (exact) mass is 494 g/mol. The summed E-state index contributed by atoms with van der Waals surface area (Å²) in [6, 6.07) is 14.1. The van der Waals surface area contributed by atoms with Crippen LogP contribution in [0.3, 0.4) is 0 Å². The zero-order valence-electron chi connectivity index (χ0n) is 18.8. The molecule has 180 valence electrons. The Morgan fingerprint density at radius 1 is 0.970 bits per heavy atom. The topological polar surface area (TPSA) is 133 Å². The van der Waals surface area contributed by atoms with Crippen LogP contribution in [0.2, 0.25) is 0 Å². The van der Waals surface area contributed by atoms with Crippen LogP contribution in [-0.4, -0.2) is 53.5 Å². The third kappa shape index (κ3) is 7.00. The molecule has 0 saturated carbocycles. The van der Waals surface area contributed by atoms with Crippen molar-refractivity contribution in [3.05, 3.63) is 59.7 Å². The van der Waals surface area contributed by atoms with Gasteiger partial charge >= 0.3 is 6.03 Å². The summed E-state index contributed by atoms with van der Waals surface area (Å²) in [5, 5.41) is 4.88. The second-order valence-electron chi connectivity index (χ2n) is 8.39. The molecule has 0 aliphatic carbocycles. The van der Waals surface area contributed by atoms with Crippen LogP contribution in [0.1, 0.15) is 31.0 Å². The normalized spacial score (nSPS) is 19.2. The highest BCUT2D eigenvalue weighted by atomic mass is 32.2. The molecule has 2 aromatic rings. The van der Waals surface area contributed by atoms with Gasteiger partial charge in [0.25, 0.3) is 0 Å². The van der Waals surface area contributed by atoms with Crippen LogP contribution in [0, 0.1) is 0 Å². The third-order valence-electron chi connectivity index (χ3n) is 5.44. The van der Waals surface area contributed by atoms with Crippen molar-refractivity contribution in [1.82, 2.24) is 20.1 Å². The van der Waals surface area contributed by atoms with E-state index in [0.717, 1.165) is 28.5 Å². The van der Waals surface area contributed by atoms with E-state index < -0.39 is 37.4 Å². The molecule has 1 saturated heterocycles. The molecule has 1 aliphatic rings. The molecule has 4 N–H and O–H groups in total. The SMILES string of the molecule is CC(C)S(=O)(=O)NC1CNC(=O)NC1c1ccc(-c2ccc(CCNS(C)(=O)=O)cc2)cc1. The lowest BCUT2D eigenvalue weighted by Gasteiger charge is -2.34. The van der Waals surface area contributed by atoms with Gasteiger partial charge < -0.3 is 10.6 Å². The number of urea groups is 1. The minimum Gasteiger partial charge on any atom is -0.336 e. The molecule has 0 aromatic heterocycles. The van der Waals surface area contributed by atoms with E-state index in [-0.39, 0.29) is 12.6 Å². The van der Waals surface area contributed by atoms with Crippen molar-refractivity contribution in [1.29, 1.82) is 0 Å². The quantitative estimate of drug-likeness (QED) is 0.419. The molecule has 2 atom stereocenters. The average Bonchev–Trinajstić information content (AvgIpc) is 2.74. The zero-order chi connectivity index (χ0) is 24.2. The smallest absolute Gasteiger partial charge is 0.315 e. The largest absolute Gasteiger partial charge is 0.336 e.